The third-order valence-corrected chi connectivity index (χ3v) is 5.13. The van der Waals surface area contributed by atoms with Crippen LogP contribution in [-0.4, -0.2) is 24.1 Å². The van der Waals surface area contributed by atoms with E-state index in [1.54, 1.807) is 0 Å². The van der Waals surface area contributed by atoms with Gasteiger partial charge in [-0.1, -0.05) is 43.1 Å². The second-order valence-electron chi connectivity index (χ2n) is 4.48. The highest BCUT2D eigenvalue weighted by Gasteiger charge is 2.11. The number of hydrogen-bond acceptors (Lipinski definition) is 2. The lowest BCUT2D eigenvalue weighted by atomic mass is 10.1. The van der Waals surface area contributed by atoms with Crippen molar-refractivity contribution in [2.75, 3.05) is 12.8 Å². The summed E-state index contributed by atoms with van der Waals surface area (Å²) in [5.41, 5.74) is 1.16. The van der Waals surface area contributed by atoms with Gasteiger partial charge in [-0.3, -0.25) is 0 Å². The summed E-state index contributed by atoms with van der Waals surface area (Å²) in [7, 11) is 2.01. The van der Waals surface area contributed by atoms with Crippen LogP contribution in [0.1, 0.15) is 25.8 Å². The lowest BCUT2D eigenvalue weighted by Crippen LogP contribution is -2.30. The summed E-state index contributed by atoms with van der Waals surface area (Å²) in [6.45, 7) is 4.49. The first-order valence-corrected chi connectivity index (χ1v) is 8.10. The lowest BCUT2D eigenvalue weighted by Gasteiger charge is -2.18. The van der Waals surface area contributed by atoms with Gasteiger partial charge < -0.3 is 5.32 Å². The molecule has 0 bridgehead atoms. The highest BCUT2D eigenvalue weighted by molar-refractivity contribution is 7.99. The number of rotatable bonds is 7. The average Bonchev–Trinajstić information content (AvgIpc) is 2.36. The summed E-state index contributed by atoms with van der Waals surface area (Å²) < 4.78 is 0. The van der Waals surface area contributed by atoms with Crippen LogP contribution in [0, 0.1) is 0 Å². The zero-order valence-electron chi connectivity index (χ0n) is 11.2. The number of hydrogen-bond donors (Lipinski definition) is 1. The Balaban J connectivity index is 2.56. The maximum absolute atomic E-state index is 6.20. The number of likely N-dealkylation sites (N-methyl/N-ethyl adjacent to an activating group) is 1. The van der Waals surface area contributed by atoms with E-state index in [-0.39, 0.29) is 0 Å². The molecule has 0 amide bonds. The molecule has 0 aliphatic rings. The number of benzene rings is 1. The fourth-order valence-corrected chi connectivity index (χ4v) is 3.16. The van der Waals surface area contributed by atoms with Crippen LogP contribution >= 0.6 is 35.0 Å². The van der Waals surface area contributed by atoms with E-state index in [9.17, 15) is 0 Å². The van der Waals surface area contributed by atoms with Crippen LogP contribution in [0.15, 0.2) is 18.2 Å². The van der Waals surface area contributed by atoms with Crippen molar-refractivity contribution >= 4 is 35.0 Å². The first kappa shape index (κ1) is 16.2. The molecule has 102 valence electrons. The smallest absolute Gasteiger partial charge is 0.0453 e. The third-order valence-electron chi connectivity index (χ3n) is 3.05. The maximum Gasteiger partial charge on any atom is 0.0453 e. The van der Waals surface area contributed by atoms with E-state index < -0.39 is 0 Å². The molecule has 0 aliphatic carbocycles. The van der Waals surface area contributed by atoms with Gasteiger partial charge >= 0.3 is 0 Å². The van der Waals surface area contributed by atoms with Crippen molar-refractivity contribution in [2.24, 2.45) is 0 Å². The van der Waals surface area contributed by atoms with Crippen LogP contribution in [0.4, 0.5) is 0 Å². The molecule has 1 N–H and O–H groups in total. The highest BCUT2D eigenvalue weighted by atomic mass is 35.5. The predicted molar refractivity (Wildman–Crippen MR) is 85.2 cm³/mol. The molecule has 1 nitrogen and oxygen atoms in total. The van der Waals surface area contributed by atoms with Crippen LogP contribution < -0.4 is 5.32 Å². The molecule has 0 fully saturated rings. The Morgan fingerprint density at radius 3 is 2.61 bits per heavy atom. The minimum absolute atomic E-state index is 0.447. The number of thioether (sulfide) groups is 1. The molecule has 2 atom stereocenters. The largest absolute Gasteiger partial charge is 0.316 e. The van der Waals surface area contributed by atoms with Gasteiger partial charge in [-0.05, 0) is 37.6 Å². The molecule has 0 spiro atoms. The Morgan fingerprint density at radius 1 is 1.33 bits per heavy atom. The van der Waals surface area contributed by atoms with Gasteiger partial charge in [0.15, 0.2) is 0 Å². The summed E-state index contributed by atoms with van der Waals surface area (Å²) in [5, 5.41) is 5.52. The molecular formula is C14H21Cl2NS. The second-order valence-corrected chi connectivity index (χ2v) is 6.79. The normalized spacial score (nSPS) is 14.5. The van der Waals surface area contributed by atoms with Gasteiger partial charge in [-0.25, -0.2) is 0 Å². The topological polar surface area (TPSA) is 12.0 Å². The first-order chi connectivity index (χ1) is 8.56. The standard InChI is InChI=1S/C14H21Cl2NS/c1-4-10(2)18-9-13(17-3)7-11-5-6-12(15)8-14(11)16/h5-6,8,10,13,17H,4,7,9H2,1-3H3. The first-order valence-electron chi connectivity index (χ1n) is 6.29. The Bertz CT molecular complexity index is 371. The second kappa shape index (κ2) is 8.31. The van der Waals surface area contributed by atoms with Gasteiger partial charge in [0.2, 0.25) is 0 Å². The Morgan fingerprint density at radius 2 is 2.06 bits per heavy atom. The number of halogens is 2. The van der Waals surface area contributed by atoms with Gasteiger partial charge in [0.1, 0.15) is 0 Å². The molecule has 1 aromatic carbocycles. The van der Waals surface area contributed by atoms with Crippen molar-refractivity contribution in [1.29, 1.82) is 0 Å². The zero-order chi connectivity index (χ0) is 13.5. The van der Waals surface area contributed by atoms with Crippen molar-refractivity contribution in [1.82, 2.24) is 5.32 Å². The summed E-state index contributed by atoms with van der Waals surface area (Å²) in [5.74, 6) is 1.10. The van der Waals surface area contributed by atoms with Crippen LogP contribution in [0.5, 0.6) is 0 Å². The molecule has 0 radical (unpaired) electrons. The molecule has 1 rings (SSSR count). The molecule has 4 heteroatoms. The minimum Gasteiger partial charge on any atom is -0.316 e. The van der Waals surface area contributed by atoms with Crippen LogP contribution in [-0.2, 0) is 6.42 Å². The molecule has 0 saturated carbocycles. The summed E-state index contributed by atoms with van der Waals surface area (Å²) in [4.78, 5) is 0. The van der Waals surface area contributed by atoms with E-state index in [2.05, 4.69) is 19.2 Å². The zero-order valence-corrected chi connectivity index (χ0v) is 13.5. The summed E-state index contributed by atoms with van der Waals surface area (Å²) in [6.07, 6.45) is 2.15. The van der Waals surface area contributed by atoms with Crippen LogP contribution in [0.25, 0.3) is 0 Å². The fraction of sp³-hybridized carbons (Fsp3) is 0.571. The Kier molecular flexibility index (Phi) is 7.47. The van der Waals surface area contributed by atoms with Gasteiger partial charge in [0.25, 0.3) is 0 Å². The molecule has 2 unspecified atom stereocenters. The summed E-state index contributed by atoms with van der Waals surface area (Å²) in [6, 6.07) is 6.18. The predicted octanol–water partition coefficient (Wildman–Crippen LogP) is 4.66. The van der Waals surface area contributed by atoms with Crippen LogP contribution in [0.3, 0.4) is 0 Å². The SMILES string of the molecule is CCC(C)SCC(Cc1ccc(Cl)cc1Cl)NC. The van der Waals surface area contributed by atoms with Gasteiger partial charge in [0, 0.05) is 27.1 Å². The van der Waals surface area contributed by atoms with Gasteiger partial charge in [-0.15, -0.1) is 0 Å². The lowest BCUT2D eigenvalue weighted by molar-refractivity contribution is 0.616. The van der Waals surface area contributed by atoms with E-state index in [0.717, 1.165) is 22.8 Å². The molecule has 1 aromatic rings. The van der Waals surface area contributed by atoms with E-state index >= 15 is 0 Å². The summed E-state index contributed by atoms with van der Waals surface area (Å²) >= 11 is 14.1. The van der Waals surface area contributed by atoms with E-state index in [1.807, 2.05) is 37.0 Å². The molecule has 0 aromatic heterocycles. The van der Waals surface area contributed by atoms with E-state index in [0.29, 0.717) is 16.3 Å². The van der Waals surface area contributed by atoms with Crippen molar-refractivity contribution in [3.05, 3.63) is 33.8 Å². The molecular weight excluding hydrogens is 285 g/mol. The van der Waals surface area contributed by atoms with Crippen molar-refractivity contribution in [3.8, 4) is 0 Å². The van der Waals surface area contributed by atoms with Crippen LogP contribution in [0.2, 0.25) is 10.0 Å². The Hall–Kier alpha value is 0.110. The average molecular weight is 306 g/mol. The van der Waals surface area contributed by atoms with E-state index in [4.69, 9.17) is 23.2 Å². The number of nitrogens with one attached hydrogen (secondary N) is 1. The third kappa shape index (κ3) is 5.40. The monoisotopic (exact) mass is 305 g/mol. The molecule has 0 heterocycles. The van der Waals surface area contributed by atoms with Crippen molar-refractivity contribution < 1.29 is 0 Å². The van der Waals surface area contributed by atoms with E-state index in [1.165, 1.54) is 6.42 Å². The molecule has 0 saturated heterocycles. The van der Waals surface area contributed by atoms with Gasteiger partial charge in [0.05, 0.1) is 0 Å². The maximum atomic E-state index is 6.20. The highest BCUT2D eigenvalue weighted by Crippen LogP contribution is 2.23. The minimum atomic E-state index is 0.447. The van der Waals surface area contributed by atoms with Crippen molar-refractivity contribution in [3.63, 3.8) is 0 Å². The Labute approximate surface area is 125 Å². The fourth-order valence-electron chi connectivity index (χ4n) is 1.60. The molecule has 18 heavy (non-hydrogen) atoms. The quantitative estimate of drug-likeness (QED) is 0.786. The van der Waals surface area contributed by atoms with Crippen molar-refractivity contribution in [2.45, 2.75) is 38.0 Å². The van der Waals surface area contributed by atoms with Gasteiger partial charge in [-0.2, -0.15) is 11.8 Å². The molecule has 0 aliphatic heterocycles.